The summed E-state index contributed by atoms with van der Waals surface area (Å²) in [4.78, 5) is 71.6. The second kappa shape index (κ2) is 21.3. The first-order valence-corrected chi connectivity index (χ1v) is 23.7. The highest BCUT2D eigenvalue weighted by molar-refractivity contribution is 8.01. The molecule has 0 bridgehead atoms. The summed E-state index contributed by atoms with van der Waals surface area (Å²) < 4.78 is 45.1. The van der Waals surface area contributed by atoms with Gasteiger partial charge in [-0.15, -0.1) is 23.1 Å². The highest BCUT2D eigenvalue weighted by Crippen LogP contribution is 2.40. The zero-order chi connectivity index (χ0) is 46.8. The molecule has 0 fully saturated rings. The van der Waals surface area contributed by atoms with Gasteiger partial charge >= 0.3 is 18.3 Å². The number of carbonyl (C=O) groups is 5. The summed E-state index contributed by atoms with van der Waals surface area (Å²) in [5, 5.41) is 10.3. The second-order valence-electron chi connectivity index (χ2n) is 16.4. The van der Waals surface area contributed by atoms with Gasteiger partial charge in [0.05, 0.1) is 36.0 Å². The van der Waals surface area contributed by atoms with Crippen molar-refractivity contribution >= 4 is 98.0 Å². The predicted molar refractivity (Wildman–Crippen MR) is 246 cm³/mol. The molecule has 0 saturated heterocycles. The maximum absolute atomic E-state index is 14.3. The van der Waals surface area contributed by atoms with Crippen LogP contribution in [-0.2, 0) is 33.6 Å². The molecule has 0 unspecified atom stereocenters. The second-order valence-corrected chi connectivity index (χ2v) is 21.5. The number of carbonyl (C=O) groups excluding carboxylic acids is 5. The topological polar surface area (TPSA) is 246 Å². The summed E-state index contributed by atoms with van der Waals surface area (Å²) in [5.74, 6) is -0.801. The fraction of sp³-hybridized carbons (Fsp3) is 0.439. The SMILES string of the molecule is CNC(=O)CCSCC(=O)Nc1cc(N=C(NC(=O)OC(C)(C)C)NC(=O)OC(C)(C)C)cc(C)c1-c1cccc(S(=O)(=O)c2cc(C(N)=NC(=O)OC(C)(C)C)sc2SC)c1. The summed E-state index contributed by atoms with van der Waals surface area (Å²) in [5.41, 5.74) is 5.31. The normalized spacial score (nSPS) is 12.2. The quantitative estimate of drug-likeness (QED) is 0.0384. The molecule has 62 heavy (non-hydrogen) atoms. The van der Waals surface area contributed by atoms with Crippen LogP contribution in [-0.4, -0.2) is 91.9 Å². The van der Waals surface area contributed by atoms with E-state index in [4.69, 9.17) is 19.9 Å². The van der Waals surface area contributed by atoms with Gasteiger partial charge in [-0.2, -0.15) is 16.8 Å². The number of guanidine groups is 1. The predicted octanol–water partition coefficient (Wildman–Crippen LogP) is 7.76. The number of aliphatic imine (C=N–C) groups is 2. The van der Waals surface area contributed by atoms with Crippen LogP contribution in [0.15, 0.2) is 66.4 Å². The summed E-state index contributed by atoms with van der Waals surface area (Å²) in [6.45, 7) is 16.7. The minimum absolute atomic E-state index is 0.0264. The lowest BCUT2D eigenvalue weighted by atomic mass is 9.97. The molecule has 0 aliphatic rings. The van der Waals surface area contributed by atoms with Gasteiger partial charge in [0.1, 0.15) is 22.6 Å². The van der Waals surface area contributed by atoms with Gasteiger partial charge in [0.25, 0.3) is 0 Å². The van der Waals surface area contributed by atoms with Crippen LogP contribution >= 0.6 is 34.9 Å². The molecule has 0 aliphatic heterocycles. The number of nitrogens with zero attached hydrogens (tertiary/aromatic N) is 2. The van der Waals surface area contributed by atoms with Crippen molar-refractivity contribution in [2.24, 2.45) is 15.7 Å². The number of benzene rings is 2. The molecule has 6 N–H and O–H groups in total. The molecular formula is C41H55N7O10S4. The zero-order valence-electron chi connectivity index (χ0n) is 36.9. The maximum atomic E-state index is 14.3. The monoisotopic (exact) mass is 933 g/mol. The van der Waals surface area contributed by atoms with Gasteiger partial charge in [0, 0.05) is 24.8 Å². The van der Waals surface area contributed by atoms with Gasteiger partial charge in [0.15, 0.2) is 0 Å². The van der Waals surface area contributed by atoms with E-state index in [0.717, 1.165) is 11.3 Å². The average Bonchev–Trinajstić information content (AvgIpc) is 3.57. The number of amides is 5. The van der Waals surface area contributed by atoms with Crippen molar-refractivity contribution in [3.8, 4) is 11.1 Å². The Morgan fingerprint density at radius 2 is 1.44 bits per heavy atom. The molecule has 17 nitrogen and oxygen atoms in total. The van der Waals surface area contributed by atoms with E-state index in [0.29, 0.717) is 26.7 Å². The smallest absolute Gasteiger partial charge is 0.436 e. The molecule has 2 aromatic carbocycles. The van der Waals surface area contributed by atoms with Crippen LogP contribution in [0.3, 0.4) is 0 Å². The third-order valence-corrected chi connectivity index (χ3v) is 12.8. The molecule has 338 valence electrons. The number of hydrogen-bond acceptors (Lipinski definition) is 14. The summed E-state index contributed by atoms with van der Waals surface area (Å²) in [6.07, 6.45) is -0.834. The number of nitrogens with one attached hydrogen (secondary N) is 4. The van der Waals surface area contributed by atoms with Crippen molar-refractivity contribution in [1.29, 1.82) is 0 Å². The first-order chi connectivity index (χ1) is 28.6. The Morgan fingerprint density at radius 3 is 1.98 bits per heavy atom. The number of ether oxygens (including phenoxy) is 3. The van der Waals surface area contributed by atoms with Gasteiger partial charge in [-0.05, 0) is 117 Å². The van der Waals surface area contributed by atoms with E-state index in [1.165, 1.54) is 54.8 Å². The first kappa shape index (κ1) is 51.2. The van der Waals surface area contributed by atoms with Crippen molar-refractivity contribution in [3.05, 3.63) is 52.9 Å². The minimum atomic E-state index is -4.22. The largest absolute Gasteiger partial charge is 0.444 e. The molecule has 0 spiro atoms. The Balaban J connectivity index is 2.17. The summed E-state index contributed by atoms with van der Waals surface area (Å²) >= 11 is 3.48. The number of anilines is 1. The fourth-order valence-corrected chi connectivity index (χ4v) is 9.84. The van der Waals surface area contributed by atoms with Gasteiger partial charge in [-0.1, -0.05) is 12.1 Å². The number of aryl methyl sites for hydroxylation is 1. The molecule has 5 amide bonds. The van der Waals surface area contributed by atoms with Crippen molar-refractivity contribution < 1.29 is 46.6 Å². The number of rotatable bonds is 12. The molecule has 0 radical (unpaired) electrons. The zero-order valence-corrected chi connectivity index (χ0v) is 40.1. The number of thioether (sulfide) groups is 2. The number of sulfone groups is 1. The van der Waals surface area contributed by atoms with Gasteiger partial charge in [-0.3, -0.25) is 20.2 Å². The third kappa shape index (κ3) is 16.3. The van der Waals surface area contributed by atoms with E-state index in [-0.39, 0.29) is 55.9 Å². The van der Waals surface area contributed by atoms with Crippen LogP contribution in [0, 0.1) is 6.92 Å². The highest BCUT2D eigenvalue weighted by Gasteiger charge is 2.28. The molecule has 3 rings (SSSR count). The molecule has 0 atom stereocenters. The Morgan fingerprint density at radius 1 is 0.839 bits per heavy atom. The van der Waals surface area contributed by atoms with Crippen molar-refractivity contribution in [3.63, 3.8) is 0 Å². The molecule has 21 heteroatoms. The van der Waals surface area contributed by atoms with Gasteiger partial charge in [-0.25, -0.2) is 27.8 Å². The standard InChI is InChI=1S/C41H55N7O10S4/c1-23-18-25(44-35(47-37(52)57-40(5,6)7)48-38(53)58-41(8,9)10)20-27(45-31(50)22-60-17-16-30(49)43-11)32(23)24-14-13-15-26(19-24)62(54,55)29-21-28(61-34(29)59-12)33(42)46-36(51)56-39(2,3)4/h13-15,18-21H,16-17,22H2,1-12H3,(H,43,49)(H,45,50)(H2,42,46,51)(H2,44,47,48,52,53). The number of alkyl carbamates (subject to hydrolysis) is 2. The number of amidine groups is 1. The van der Waals surface area contributed by atoms with Crippen LogP contribution in [0.25, 0.3) is 11.1 Å². The van der Waals surface area contributed by atoms with E-state index < -0.39 is 50.8 Å². The molecule has 1 aromatic heterocycles. The lowest BCUT2D eigenvalue weighted by Gasteiger charge is -2.22. The van der Waals surface area contributed by atoms with E-state index >= 15 is 0 Å². The van der Waals surface area contributed by atoms with Crippen LogP contribution < -0.4 is 27.0 Å². The van der Waals surface area contributed by atoms with Crippen LogP contribution in [0.5, 0.6) is 0 Å². The Hall–Kier alpha value is -5.12. The van der Waals surface area contributed by atoms with E-state index in [2.05, 4.69) is 31.3 Å². The van der Waals surface area contributed by atoms with E-state index in [1.54, 1.807) is 93.7 Å². The Labute approximate surface area is 375 Å². The Bertz CT molecular complexity index is 2310. The lowest BCUT2D eigenvalue weighted by Crippen LogP contribution is -2.47. The molecule has 0 saturated carbocycles. The lowest BCUT2D eigenvalue weighted by molar-refractivity contribution is -0.120. The maximum Gasteiger partial charge on any atom is 0.436 e. The Kier molecular flexibility index (Phi) is 17.6. The first-order valence-electron chi connectivity index (χ1n) is 19.0. The molecule has 0 aliphatic carbocycles. The summed E-state index contributed by atoms with van der Waals surface area (Å²) in [7, 11) is -2.69. The van der Waals surface area contributed by atoms with E-state index in [9.17, 15) is 32.4 Å². The fourth-order valence-electron chi connectivity index (χ4n) is 5.17. The van der Waals surface area contributed by atoms with Crippen molar-refractivity contribution in [2.75, 3.05) is 30.1 Å². The molecular weight excluding hydrogens is 879 g/mol. The van der Waals surface area contributed by atoms with Gasteiger partial charge < -0.3 is 30.6 Å². The average molecular weight is 934 g/mol. The van der Waals surface area contributed by atoms with Crippen molar-refractivity contribution in [1.82, 2.24) is 16.0 Å². The van der Waals surface area contributed by atoms with Crippen LogP contribution in [0.1, 0.15) is 79.2 Å². The number of hydrogen-bond donors (Lipinski definition) is 5. The summed E-state index contributed by atoms with van der Waals surface area (Å²) in [6, 6.07) is 10.6. The third-order valence-electron chi connectivity index (χ3n) is 7.49. The van der Waals surface area contributed by atoms with Crippen molar-refractivity contribution in [2.45, 2.75) is 106 Å². The number of nitrogens with two attached hydrogens (primary N) is 1. The molecule has 1 heterocycles. The minimum Gasteiger partial charge on any atom is -0.444 e. The van der Waals surface area contributed by atoms with E-state index in [1.807, 2.05) is 0 Å². The van der Waals surface area contributed by atoms with Crippen LogP contribution in [0.2, 0.25) is 0 Å². The highest BCUT2D eigenvalue weighted by atomic mass is 32.2. The van der Waals surface area contributed by atoms with Crippen LogP contribution in [0.4, 0.5) is 25.8 Å². The number of thiophene rings is 1. The molecule has 3 aromatic rings. The van der Waals surface area contributed by atoms with Gasteiger partial charge in [0.2, 0.25) is 27.6 Å².